The quantitative estimate of drug-likeness (QED) is 0.350. The van der Waals surface area contributed by atoms with Crippen LogP contribution in [0.3, 0.4) is 0 Å². The van der Waals surface area contributed by atoms with E-state index in [2.05, 4.69) is 10.2 Å². The number of ether oxygens (including phenoxy) is 2. The molecule has 0 saturated carbocycles. The van der Waals surface area contributed by atoms with Gasteiger partial charge in [-0.25, -0.2) is 0 Å². The lowest BCUT2D eigenvalue weighted by molar-refractivity contribution is -0.137. The summed E-state index contributed by atoms with van der Waals surface area (Å²) >= 11 is 0. The highest BCUT2D eigenvalue weighted by Crippen LogP contribution is 2.44. The summed E-state index contributed by atoms with van der Waals surface area (Å²) in [6, 6.07) is 18.8. The Bertz CT molecular complexity index is 1230. The van der Waals surface area contributed by atoms with Crippen LogP contribution >= 0.6 is 0 Å². The number of carbonyl (C=O) groups excluding carboxylic acids is 1. The lowest BCUT2D eigenvalue weighted by Gasteiger charge is -2.48. The van der Waals surface area contributed by atoms with Crippen molar-refractivity contribution in [1.29, 1.82) is 0 Å². The Morgan fingerprint density at radius 3 is 2.21 bits per heavy atom. The zero-order valence-electron chi connectivity index (χ0n) is 21.8. The van der Waals surface area contributed by atoms with Crippen molar-refractivity contribution >= 4 is 6.29 Å². The molecule has 0 bridgehead atoms. The second-order valence-corrected chi connectivity index (χ2v) is 9.54. The predicted molar refractivity (Wildman–Crippen MR) is 141 cm³/mol. The monoisotopic (exact) mass is 526 g/mol. The third kappa shape index (κ3) is 5.42. The van der Waals surface area contributed by atoms with Gasteiger partial charge in [0.05, 0.1) is 19.8 Å². The highest BCUT2D eigenvalue weighted by molar-refractivity contribution is 5.69. The molecule has 8 heteroatoms. The van der Waals surface area contributed by atoms with Crippen molar-refractivity contribution in [2.45, 2.75) is 37.0 Å². The molecule has 0 spiro atoms. The second-order valence-electron chi connectivity index (χ2n) is 9.54. The first kappa shape index (κ1) is 27.7. The van der Waals surface area contributed by atoms with E-state index < -0.39 is 17.3 Å². The molecule has 1 aliphatic rings. The van der Waals surface area contributed by atoms with Crippen molar-refractivity contribution in [1.82, 2.24) is 10.2 Å². The first-order chi connectivity index (χ1) is 18.3. The van der Waals surface area contributed by atoms with Crippen LogP contribution in [0.5, 0.6) is 11.5 Å². The molecule has 5 nitrogen and oxygen atoms in total. The van der Waals surface area contributed by atoms with E-state index in [0.29, 0.717) is 43.9 Å². The molecule has 0 aromatic heterocycles. The van der Waals surface area contributed by atoms with Crippen LogP contribution in [0, 0.1) is 0 Å². The number of hydrogen-bond acceptors (Lipinski definition) is 5. The lowest BCUT2D eigenvalue weighted by atomic mass is 9.81. The van der Waals surface area contributed by atoms with Gasteiger partial charge in [0.15, 0.2) is 11.5 Å². The third-order valence-corrected chi connectivity index (χ3v) is 7.42. The molecule has 0 aliphatic carbocycles. The number of rotatable bonds is 10. The highest BCUT2D eigenvalue weighted by Gasteiger charge is 2.44. The van der Waals surface area contributed by atoms with Gasteiger partial charge in [-0.05, 0) is 72.8 Å². The number of alkyl halides is 3. The van der Waals surface area contributed by atoms with Gasteiger partial charge in [-0.1, -0.05) is 42.5 Å². The number of likely N-dealkylation sites (N-methyl/N-ethyl adjacent to an activating group) is 1. The van der Waals surface area contributed by atoms with E-state index in [9.17, 15) is 18.0 Å². The van der Waals surface area contributed by atoms with E-state index in [1.54, 1.807) is 14.2 Å². The molecule has 2 unspecified atom stereocenters. The Kier molecular flexibility index (Phi) is 8.43. The summed E-state index contributed by atoms with van der Waals surface area (Å²) in [5, 5.41) is 3.21. The highest BCUT2D eigenvalue weighted by atomic mass is 19.4. The molecule has 0 amide bonds. The summed E-state index contributed by atoms with van der Waals surface area (Å²) in [5.41, 5.74) is 2.21. The van der Waals surface area contributed by atoms with Gasteiger partial charge in [-0.3, -0.25) is 4.90 Å². The van der Waals surface area contributed by atoms with Crippen molar-refractivity contribution in [3.8, 4) is 11.5 Å². The molecule has 3 aromatic carbocycles. The van der Waals surface area contributed by atoms with E-state index in [1.807, 2.05) is 49.5 Å². The maximum atomic E-state index is 13.1. The standard InChI is InChI=1S/C30H33F3N2O3/c1-34-19-29(20-36,23-7-5-4-6-8-23)35-16-15-22-17-27(37-2)28(38-3)18-25(22)26(35)14-11-21-9-12-24(13-10-21)30(31,32)33/h4-10,12-13,17-18,20,26,34H,11,14-16,19H2,1-3H3. The second kappa shape index (κ2) is 11.6. The molecule has 38 heavy (non-hydrogen) atoms. The van der Waals surface area contributed by atoms with Gasteiger partial charge in [0.25, 0.3) is 0 Å². The van der Waals surface area contributed by atoms with E-state index in [0.717, 1.165) is 40.7 Å². The average molecular weight is 527 g/mol. The number of hydrogen-bond donors (Lipinski definition) is 1. The van der Waals surface area contributed by atoms with Gasteiger partial charge in [-0.2, -0.15) is 13.2 Å². The van der Waals surface area contributed by atoms with Crippen molar-refractivity contribution in [3.05, 3.63) is 94.5 Å². The lowest BCUT2D eigenvalue weighted by Crippen LogP contribution is -2.56. The van der Waals surface area contributed by atoms with Crippen LogP contribution < -0.4 is 14.8 Å². The zero-order chi connectivity index (χ0) is 27.3. The Labute approximate surface area is 221 Å². The molecule has 1 N–H and O–H groups in total. The SMILES string of the molecule is CNCC(C=O)(c1ccccc1)N1CCc2cc(OC)c(OC)cc2C1CCc1ccc(C(F)(F)F)cc1. The van der Waals surface area contributed by atoms with Crippen molar-refractivity contribution < 1.29 is 27.4 Å². The van der Waals surface area contributed by atoms with Crippen LogP contribution in [0.2, 0.25) is 0 Å². The number of fused-ring (bicyclic) bond motifs is 1. The molecule has 0 saturated heterocycles. The van der Waals surface area contributed by atoms with Crippen molar-refractivity contribution in [2.24, 2.45) is 0 Å². The van der Waals surface area contributed by atoms with Gasteiger partial charge in [0, 0.05) is 19.1 Å². The number of carbonyl (C=O) groups is 1. The molecular formula is C30H33F3N2O3. The van der Waals surface area contributed by atoms with Crippen LogP contribution in [0.25, 0.3) is 0 Å². The molecule has 202 valence electrons. The summed E-state index contributed by atoms with van der Waals surface area (Å²) < 4.78 is 50.4. The average Bonchev–Trinajstić information content (AvgIpc) is 2.94. The van der Waals surface area contributed by atoms with Gasteiger partial charge in [0.1, 0.15) is 11.8 Å². The summed E-state index contributed by atoms with van der Waals surface area (Å²) in [4.78, 5) is 15.2. The topological polar surface area (TPSA) is 50.8 Å². The van der Waals surface area contributed by atoms with Gasteiger partial charge in [0.2, 0.25) is 0 Å². The molecule has 0 radical (unpaired) electrons. The van der Waals surface area contributed by atoms with Crippen LogP contribution in [-0.2, 0) is 29.4 Å². The molecule has 4 rings (SSSR count). The van der Waals surface area contributed by atoms with Crippen molar-refractivity contribution in [3.63, 3.8) is 0 Å². The molecule has 1 aliphatic heterocycles. The normalized spacial score (nSPS) is 17.4. The fourth-order valence-corrected chi connectivity index (χ4v) is 5.52. The van der Waals surface area contributed by atoms with E-state index in [1.165, 1.54) is 12.1 Å². The maximum absolute atomic E-state index is 13.1. The van der Waals surface area contributed by atoms with Crippen LogP contribution in [0.4, 0.5) is 13.2 Å². The van der Waals surface area contributed by atoms with Gasteiger partial charge < -0.3 is 19.6 Å². The molecule has 0 fully saturated rings. The van der Waals surface area contributed by atoms with Crippen LogP contribution in [0.15, 0.2) is 66.7 Å². The molecule has 3 aromatic rings. The number of benzene rings is 3. The Morgan fingerprint density at radius 1 is 0.974 bits per heavy atom. The Hall–Kier alpha value is -3.36. The minimum atomic E-state index is -4.38. The van der Waals surface area contributed by atoms with E-state index >= 15 is 0 Å². The first-order valence-corrected chi connectivity index (χ1v) is 12.6. The molecule has 1 heterocycles. The Balaban J connectivity index is 1.78. The molecular weight excluding hydrogens is 493 g/mol. The van der Waals surface area contributed by atoms with Crippen LogP contribution in [0.1, 0.15) is 40.3 Å². The summed E-state index contributed by atoms with van der Waals surface area (Å²) in [6.07, 6.45) is -1.52. The van der Waals surface area contributed by atoms with E-state index in [4.69, 9.17) is 9.47 Å². The number of methoxy groups -OCH3 is 2. The predicted octanol–water partition coefficient (Wildman–Crippen LogP) is 5.57. The number of aryl methyl sites for hydroxylation is 1. The smallest absolute Gasteiger partial charge is 0.416 e. The molecule has 2 atom stereocenters. The fraction of sp³-hybridized carbons (Fsp3) is 0.367. The maximum Gasteiger partial charge on any atom is 0.416 e. The minimum Gasteiger partial charge on any atom is -0.493 e. The summed E-state index contributed by atoms with van der Waals surface area (Å²) in [5.74, 6) is 1.23. The summed E-state index contributed by atoms with van der Waals surface area (Å²) in [7, 11) is 5.01. The summed E-state index contributed by atoms with van der Waals surface area (Å²) in [6.45, 7) is 1.02. The number of halogens is 3. The fourth-order valence-electron chi connectivity index (χ4n) is 5.52. The minimum absolute atomic E-state index is 0.195. The van der Waals surface area contributed by atoms with Crippen LogP contribution in [-0.4, -0.2) is 45.5 Å². The van der Waals surface area contributed by atoms with E-state index in [-0.39, 0.29) is 6.04 Å². The largest absolute Gasteiger partial charge is 0.493 e. The Morgan fingerprint density at radius 2 is 1.63 bits per heavy atom. The number of nitrogens with zero attached hydrogens (tertiary/aromatic N) is 1. The third-order valence-electron chi connectivity index (χ3n) is 7.42. The zero-order valence-corrected chi connectivity index (χ0v) is 21.8. The van der Waals surface area contributed by atoms with Gasteiger partial charge in [-0.15, -0.1) is 0 Å². The number of aldehydes is 1. The van der Waals surface area contributed by atoms with Crippen molar-refractivity contribution in [2.75, 3.05) is 34.4 Å². The number of nitrogens with one attached hydrogen (secondary N) is 1. The van der Waals surface area contributed by atoms with Gasteiger partial charge >= 0.3 is 6.18 Å². The first-order valence-electron chi connectivity index (χ1n) is 12.6.